The molecule has 3 aromatic heterocycles. The summed E-state index contributed by atoms with van der Waals surface area (Å²) in [6.07, 6.45) is -0.362. The zero-order valence-corrected chi connectivity index (χ0v) is 36.3. The maximum Gasteiger partial charge on any atom is 0.410 e. The van der Waals surface area contributed by atoms with Crippen LogP contribution in [0.1, 0.15) is 95.5 Å². The normalized spacial score (nSPS) is 17.1. The van der Waals surface area contributed by atoms with Gasteiger partial charge in [0, 0.05) is 30.9 Å². The van der Waals surface area contributed by atoms with Crippen molar-refractivity contribution in [2.24, 2.45) is 11.3 Å². The Balaban J connectivity index is 1.08. The van der Waals surface area contributed by atoms with Crippen molar-refractivity contribution in [3.8, 4) is 17.4 Å². The van der Waals surface area contributed by atoms with Crippen LogP contribution in [0.3, 0.4) is 0 Å². The summed E-state index contributed by atoms with van der Waals surface area (Å²) >= 11 is 6.36. The Hall–Kier alpha value is -5.10. The number of benzene rings is 1. The topological polar surface area (TPSA) is 167 Å². The van der Waals surface area contributed by atoms with Gasteiger partial charge in [-0.3, -0.25) is 4.79 Å². The number of aromatic nitrogens is 4. The molecular formula is C42H51ClF3N7O7S. The fraction of sp³-hybridized carbons (Fsp3) is 0.500. The fourth-order valence-electron chi connectivity index (χ4n) is 7.25. The first kappa shape index (κ1) is 45.4. The molecule has 61 heavy (non-hydrogen) atoms. The highest BCUT2D eigenvalue weighted by molar-refractivity contribution is 7.90. The average molecular weight is 890 g/mol. The van der Waals surface area contributed by atoms with E-state index in [1.54, 1.807) is 4.90 Å². The number of nitrogens with zero attached hydrogens (tertiary/aromatic N) is 5. The molecule has 4 aromatic rings. The maximum absolute atomic E-state index is 13.6. The number of alkyl halides is 3. The van der Waals surface area contributed by atoms with Gasteiger partial charge >= 0.3 is 12.3 Å². The number of nitrogens with one attached hydrogen (secondary N) is 2. The molecule has 1 aromatic carbocycles. The number of ether oxygens (including phenoxy) is 3. The summed E-state index contributed by atoms with van der Waals surface area (Å²) in [6.45, 7) is 10.8. The van der Waals surface area contributed by atoms with Crippen molar-refractivity contribution in [1.82, 2.24) is 29.4 Å². The van der Waals surface area contributed by atoms with Gasteiger partial charge < -0.3 is 24.4 Å². The Morgan fingerprint density at radius 3 is 2.38 bits per heavy atom. The van der Waals surface area contributed by atoms with Gasteiger partial charge in [-0.1, -0.05) is 41.9 Å². The highest BCUT2D eigenvalue weighted by Crippen LogP contribution is 2.60. The van der Waals surface area contributed by atoms with E-state index in [0.29, 0.717) is 25.3 Å². The maximum atomic E-state index is 13.6. The Bertz CT molecular complexity index is 2300. The lowest BCUT2D eigenvalue weighted by atomic mass is 9.93. The monoisotopic (exact) mass is 889 g/mol. The van der Waals surface area contributed by atoms with Gasteiger partial charge in [-0.2, -0.15) is 21.6 Å². The highest BCUT2D eigenvalue weighted by atomic mass is 35.5. The van der Waals surface area contributed by atoms with E-state index in [-0.39, 0.29) is 84.7 Å². The molecule has 2 amide bonds. The molecule has 1 aliphatic heterocycles. The van der Waals surface area contributed by atoms with Gasteiger partial charge in [-0.25, -0.2) is 24.2 Å². The summed E-state index contributed by atoms with van der Waals surface area (Å²) in [6, 6.07) is 16.3. The molecular weight excluding hydrogens is 839 g/mol. The van der Waals surface area contributed by atoms with Gasteiger partial charge in [0.15, 0.2) is 22.4 Å². The smallest absolute Gasteiger partial charge is 0.410 e. The first-order chi connectivity index (χ1) is 28.6. The first-order valence-corrected chi connectivity index (χ1v) is 21.9. The number of hydrogen-bond donors (Lipinski definition) is 2. The molecule has 19 heteroatoms. The van der Waals surface area contributed by atoms with Crippen molar-refractivity contribution in [1.29, 1.82) is 0 Å². The first-order valence-electron chi connectivity index (χ1n) is 20.1. The van der Waals surface area contributed by atoms with E-state index in [1.165, 1.54) is 41.2 Å². The largest absolute Gasteiger partial charge is 0.485 e. The Morgan fingerprint density at radius 1 is 0.967 bits per heavy atom. The molecule has 330 valence electrons. The minimum Gasteiger partial charge on any atom is -0.485 e. The number of carbonyl (C=O) groups excluding carboxylic acids is 2. The molecule has 0 unspecified atom stereocenters. The highest BCUT2D eigenvalue weighted by Gasteiger charge is 2.62. The number of rotatable bonds is 17. The summed E-state index contributed by atoms with van der Waals surface area (Å²) in [7, 11) is -4.54. The predicted octanol–water partition coefficient (Wildman–Crippen LogP) is 8.74. The number of sulfonamides is 1. The summed E-state index contributed by atoms with van der Waals surface area (Å²) < 4.78 is 87.3. The summed E-state index contributed by atoms with van der Waals surface area (Å²) in [4.78, 5) is 36.5. The molecule has 0 radical (unpaired) electrons. The standard InChI is InChI=1S/C42H51ClF3N7O7S/c1-39(2,3)60-38(55)52-26-29(25-40(52,4)5)13-9-22-47-36-31(59-27-28-11-7-6-8-12-28)15-17-34(49-36)61(56,57)51-37(54)30-14-16-32(48-35(30)43)53-23-18-33(50-53)58-24-10-19-41(20-21-41)42(44,45)46/h6-8,11-12,14-18,23,29H,9-10,13,19-22,24-27H2,1-5H3,(H,47,49)(H,51,54)/t29-/m0/s1. The van der Waals surface area contributed by atoms with Crippen molar-refractivity contribution < 1.29 is 45.4 Å². The average Bonchev–Trinajstić information content (AvgIpc) is 3.73. The van der Waals surface area contributed by atoms with Crippen LogP contribution in [-0.2, 0) is 21.4 Å². The van der Waals surface area contributed by atoms with Crippen LogP contribution < -0.4 is 19.5 Å². The molecule has 1 aliphatic carbocycles. The van der Waals surface area contributed by atoms with E-state index in [4.69, 9.17) is 25.8 Å². The van der Waals surface area contributed by atoms with Crippen molar-refractivity contribution in [3.05, 3.63) is 83.1 Å². The van der Waals surface area contributed by atoms with Crippen LogP contribution in [0.2, 0.25) is 5.15 Å². The van der Waals surface area contributed by atoms with Crippen LogP contribution in [-0.4, -0.2) is 82.1 Å². The summed E-state index contributed by atoms with van der Waals surface area (Å²) in [5.74, 6) is -0.0369. The van der Waals surface area contributed by atoms with Crippen LogP contribution in [0.25, 0.3) is 5.82 Å². The van der Waals surface area contributed by atoms with Gasteiger partial charge in [0.1, 0.15) is 17.4 Å². The number of likely N-dealkylation sites (tertiary alicyclic amines) is 1. The molecule has 2 aliphatic rings. The Morgan fingerprint density at radius 2 is 1.70 bits per heavy atom. The fourth-order valence-corrected chi connectivity index (χ4v) is 8.40. The summed E-state index contributed by atoms with van der Waals surface area (Å²) in [5, 5.41) is 6.67. The van der Waals surface area contributed by atoms with E-state index in [2.05, 4.69) is 20.4 Å². The number of anilines is 1. The molecule has 2 N–H and O–H groups in total. The molecule has 1 saturated carbocycles. The molecule has 0 spiro atoms. The van der Waals surface area contributed by atoms with Gasteiger partial charge in [-0.15, -0.1) is 5.10 Å². The van der Waals surface area contributed by atoms with E-state index >= 15 is 0 Å². The zero-order chi connectivity index (χ0) is 44.2. The third-order valence-corrected chi connectivity index (χ3v) is 12.1. The predicted molar refractivity (Wildman–Crippen MR) is 221 cm³/mol. The van der Waals surface area contributed by atoms with E-state index < -0.39 is 38.1 Å². The molecule has 1 atom stereocenters. The van der Waals surface area contributed by atoms with Gasteiger partial charge in [-0.05, 0) is 115 Å². The van der Waals surface area contributed by atoms with Crippen LogP contribution in [0, 0.1) is 11.3 Å². The Kier molecular flexibility index (Phi) is 13.5. The van der Waals surface area contributed by atoms with Gasteiger partial charge in [0.05, 0.1) is 17.6 Å². The molecule has 4 heterocycles. The van der Waals surface area contributed by atoms with Crippen molar-refractivity contribution in [3.63, 3.8) is 0 Å². The third-order valence-electron chi connectivity index (χ3n) is 10.6. The lowest BCUT2D eigenvalue weighted by Crippen LogP contribution is -2.45. The van der Waals surface area contributed by atoms with Gasteiger partial charge in [0.2, 0.25) is 5.88 Å². The van der Waals surface area contributed by atoms with Crippen molar-refractivity contribution in [2.75, 3.05) is 25.0 Å². The minimum atomic E-state index is -4.54. The van der Waals surface area contributed by atoms with Crippen LogP contribution in [0.4, 0.5) is 23.8 Å². The van der Waals surface area contributed by atoms with E-state index in [9.17, 15) is 31.2 Å². The van der Waals surface area contributed by atoms with Crippen LogP contribution in [0.15, 0.2) is 71.9 Å². The molecule has 2 fully saturated rings. The molecule has 6 rings (SSSR count). The second-order valence-electron chi connectivity index (χ2n) is 17.1. The van der Waals surface area contributed by atoms with Crippen LogP contribution in [0.5, 0.6) is 11.6 Å². The molecule has 0 bridgehead atoms. The lowest BCUT2D eigenvalue weighted by molar-refractivity contribution is -0.189. The number of carbonyl (C=O) groups is 2. The number of pyridine rings is 2. The minimum absolute atomic E-state index is 0.0184. The van der Waals surface area contributed by atoms with Gasteiger partial charge in [0.25, 0.3) is 15.9 Å². The summed E-state index contributed by atoms with van der Waals surface area (Å²) in [5.41, 5.74) is -1.93. The van der Waals surface area contributed by atoms with Crippen molar-refractivity contribution >= 4 is 39.4 Å². The second kappa shape index (κ2) is 18.1. The van der Waals surface area contributed by atoms with E-state index in [1.807, 2.05) is 69.7 Å². The lowest BCUT2D eigenvalue weighted by Gasteiger charge is -2.33. The quantitative estimate of drug-likeness (QED) is 0.0769. The second-order valence-corrected chi connectivity index (χ2v) is 19.1. The number of amides is 2. The molecule has 1 saturated heterocycles. The van der Waals surface area contributed by atoms with Crippen molar-refractivity contribution in [2.45, 2.75) is 109 Å². The Labute approximate surface area is 358 Å². The van der Waals surface area contributed by atoms with E-state index in [0.717, 1.165) is 18.4 Å². The number of halogens is 4. The number of hydrogen-bond acceptors (Lipinski definition) is 11. The third kappa shape index (κ3) is 11.6. The zero-order valence-electron chi connectivity index (χ0n) is 34.7. The van der Waals surface area contributed by atoms with Crippen LogP contribution >= 0.6 is 11.6 Å². The molecule has 14 nitrogen and oxygen atoms in total. The SMILES string of the molecule is CC(C)(C)OC(=O)N1C[C@@H](CCCNc2nc(S(=O)(=O)NC(=O)c3ccc(-n4ccc(OCCCC5(C(F)(F)F)CC5)n4)nc3Cl)ccc2OCc2ccccc2)CC1(C)C.